The smallest absolute Gasteiger partial charge is 0.325 e. The fourth-order valence-corrected chi connectivity index (χ4v) is 1.59. The van der Waals surface area contributed by atoms with Gasteiger partial charge in [0.1, 0.15) is 6.54 Å². The second-order valence-electron chi connectivity index (χ2n) is 4.05. The number of nitrogens with zero attached hydrogens (tertiary/aromatic N) is 1. The molecule has 0 saturated carbocycles. The lowest BCUT2D eigenvalue weighted by molar-refractivity contribution is -0.140. The predicted molar refractivity (Wildman–Crippen MR) is 70.6 cm³/mol. The molecule has 0 spiro atoms. The zero-order chi connectivity index (χ0) is 12.8. The van der Waals surface area contributed by atoms with Crippen LogP contribution in [0.15, 0.2) is 18.2 Å². The maximum atomic E-state index is 11.2. The number of hydrogen-bond donors (Lipinski definition) is 1. The first kappa shape index (κ1) is 13.4. The van der Waals surface area contributed by atoms with Gasteiger partial charge in [0.2, 0.25) is 0 Å². The highest BCUT2D eigenvalue weighted by Crippen LogP contribution is 2.22. The quantitative estimate of drug-likeness (QED) is 0.794. The predicted octanol–water partition coefficient (Wildman–Crippen LogP) is 2.04. The summed E-state index contributed by atoms with van der Waals surface area (Å²) < 4.78 is 4.85. The Hall–Kier alpha value is -1.71. The average Bonchev–Trinajstić information content (AvgIpc) is 2.28. The molecular formula is C13H20N2O2. The van der Waals surface area contributed by atoms with Crippen molar-refractivity contribution in [2.75, 3.05) is 37.5 Å². The Bertz CT molecular complexity index is 389. The van der Waals surface area contributed by atoms with Gasteiger partial charge in [0.25, 0.3) is 0 Å². The molecule has 94 valence electrons. The van der Waals surface area contributed by atoms with Crippen LogP contribution < -0.4 is 10.2 Å². The Balaban J connectivity index is 2.66. The summed E-state index contributed by atoms with van der Waals surface area (Å²) in [6, 6.07) is 6.01. The van der Waals surface area contributed by atoms with Crippen LogP contribution in [0, 0.1) is 6.92 Å². The van der Waals surface area contributed by atoms with Gasteiger partial charge in [0, 0.05) is 25.5 Å². The van der Waals surface area contributed by atoms with E-state index < -0.39 is 0 Å². The van der Waals surface area contributed by atoms with E-state index in [0.29, 0.717) is 6.61 Å². The van der Waals surface area contributed by atoms with Crippen LogP contribution in [0.2, 0.25) is 0 Å². The number of rotatable bonds is 5. The maximum Gasteiger partial charge on any atom is 0.325 e. The molecule has 0 fully saturated rings. The third-order valence-electron chi connectivity index (χ3n) is 2.43. The fraction of sp³-hybridized carbons (Fsp3) is 0.462. The van der Waals surface area contributed by atoms with Crippen LogP contribution in [0.3, 0.4) is 0 Å². The van der Waals surface area contributed by atoms with E-state index >= 15 is 0 Å². The van der Waals surface area contributed by atoms with Crippen LogP contribution in [-0.2, 0) is 9.53 Å². The molecule has 0 radical (unpaired) electrons. The number of carbonyl (C=O) groups is 1. The second-order valence-corrected chi connectivity index (χ2v) is 4.05. The molecule has 4 heteroatoms. The van der Waals surface area contributed by atoms with Gasteiger partial charge in [-0.25, -0.2) is 0 Å². The molecule has 0 bridgehead atoms. The third kappa shape index (κ3) is 3.98. The molecule has 0 atom stereocenters. The summed E-state index contributed by atoms with van der Waals surface area (Å²) in [6.45, 7) is 4.47. The molecule has 4 nitrogen and oxygen atoms in total. The summed E-state index contributed by atoms with van der Waals surface area (Å²) in [6.07, 6.45) is 0. The number of esters is 1. The highest BCUT2D eigenvalue weighted by atomic mass is 16.5. The highest BCUT2D eigenvalue weighted by molar-refractivity contribution is 5.75. The molecule has 0 aliphatic heterocycles. The van der Waals surface area contributed by atoms with Crippen molar-refractivity contribution in [1.29, 1.82) is 0 Å². The van der Waals surface area contributed by atoms with Crippen molar-refractivity contribution in [2.45, 2.75) is 13.8 Å². The molecule has 1 N–H and O–H groups in total. The van der Waals surface area contributed by atoms with Crippen molar-refractivity contribution < 1.29 is 9.53 Å². The molecule has 1 aromatic carbocycles. The monoisotopic (exact) mass is 236 g/mol. The minimum Gasteiger partial charge on any atom is -0.465 e. The zero-order valence-corrected chi connectivity index (χ0v) is 10.9. The molecule has 17 heavy (non-hydrogen) atoms. The number of hydrogen-bond acceptors (Lipinski definition) is 4. The van der Waals surface area contributed by atoms with Crippen LogP contribution in [0.25, 0.3) is 0 Å². The first-order chi connectivity index (χ1) is 8.04. The molecule has 0 aliphatic rings. The molecule has 0 heterocycles. The zero-order valence-electron chi connectivity index (χ0n) is 10.9. The Morgan fingerprint density at radius 2 is 2.12 bits per heavy atom. The van der Waals surface area contributed by atoms with Crippen molar-refractivity contribution in [3.8, 4) is 0 Å². The van der Waals surface area contributed by atoms with Gasteiger partial charge >= 0.3 is 5.97 Å². The molecule has 0 unspecified atom stereocenters. The molecule has 1 aromatic rings. The lowest BCUT2D eigenvalue weighted by Gasteiger charge is -2.17. The number of carbonyl (C=O) groups excluding carboxylic acids is 1. The van der Waals surface area contributed by atoms with Gasteiger partial charge in [0.05, 0.1) is 6.61 Å². The average molecular weight is 236 g/mol. The van der Waals surface area contributed by atoms with E-state index in [2.05, 4.69) is 12.2 Å². The minimum atomic E-state index is -0.237. The van der Waals surface area contributed by atoms with E-state index in [0.717, 1.165) is 11.4 Å². The van der Waals surface area contributed by atoms with E-state index in [1.807, 2.05) is 37.2 Å². The standard InChI is InChI=1S/C13H20N2O2/c1-5-17-13(16)9-14-11-7-6-10(2)12(8-11)15(3)4/h6-8,14H,5,9H2,1-4H3. The highest BCUT2D eigenvalue weighted by Gasteiger charge is 2.04. The molecular weight excluding hydrogens is 216 g/mol. The normalized spacial score (nSPS) is 9.88. The minimum absolute atomic E-state index is 0.198. The summed E-state index contributed by atoms with van der Waals surface area (Å²) in [5.41, 5.74) is 3.27. The summed E-state index contributed by atoms with van der Waals surface area (Å²) in [5.74, 6) is -0.237. The Labute approximate surface area is 103 Å². The number of benzene rings is 1. The van der Waals surface area contributed by atoms with Gasteiger partial charge in [-0.1, -0.05) is 6.07 Å². The Morgan fingerprint density at radius 1 is 1.41 bits per heavy atom. The summed E-state index contributed by atoms with van der Waals surface area (Å²) in [7, 11) is 3.99. The SMILES string of the molecule is CCOC(=O)CNc1ccc(C)c(N(C)C)c1. The van der Waals surface area contributed by atoms with E-state index in [-0.39, 0.29) is 12.5 Å². The van der Waals surface area contributed by atoms with Crippen molar-refractivity contribution in [2.24, 2.45) is 0 Å². The Kier molecular flexibility index (Phi) is 4.82. The molecule has 0 aromatic heterocycles. The van der Waals surface area contributed by atoms with Gasteiger partial charge in [0.15, 0.2) is 0 Å². The topological polar surface area (TPSA) is 41.6 Å². The molecule has 0 amide bonds. The lowest BCUT2D eigenvalue weighted by atomic mass is 10.1. The van der Waals surface area contributed by atoms with E-state index in [1.165, 1.54) is 5.56 Å². The Morgan fingerprint density at radius 3 is 2.71 bits per heavy atom. The van der Waals surface area contributed by atoms with Gasteiger partial charge in [-0.2, -0.15) is 0 Å². The lowest BCUT2D eigenvalue weighted by Crippen LogP contribution is -2.17. The maximum absolute atomic E-state index is 11.2. The van der Waals surface area contributed by atoms with Gasteiger partial charge in [-0.05, 0) is 31.5 Å². The molecule has 0 aliphatic carbocycles. The van der Waals surface area contributed by atoms with Crippen LogP contribution in [0.4, 0.5) is 11.4 Å². The van der Waals surface area contributed by atoms with Gasteiger partial charge in [-0.15, -0.1) is 0 Å². The van der Waals surface area contributed by atoms with Crippen LogP contribution in [0.5, 0.6) is 0 Å². The van der Waals surface area contributed by atoms with Crippen molar-refractivity contribution >= 4 is 17.3 Å². The number of nitrogens with one attached hydrogen (secondary N) is 1. The molecule has 0 saturated heterocycles. The first-order valence-corrected chi connectivity index (χ1v) is 5.72. The van der Waals surface area contributed by atoms with Crippen molar-refractivity contribution in [3.63, 3.8) is 0 Å². The van der Waals surface area contributed by atoms with Crippen molar-refractivity contribution in [3.05, 3.63) is 23.8 Å². The van der Waals surface area contributed by atoms with E-state index in [9.17, 15) is 4.79 Å². The summed E-state index contributed by atoms with van der Waals surface area (Å²) >= 11 is 0. The molecule has 1 rings (SSSR count). The summed E-state index contributed by atoms with van der Waals surface area (Å²) in [5, 5.41) is 3.05. The first-order valence-electron chi connectivity index (χ1n) is 5.72. The van der Waals surface area contributed by atoms with Gasteiger partial charge < -0.3 is 15.0 Å². The largest absolute Gasteiger partial charge is 0.465 e. The van der Waals surface area contributed by atoms with Crippen LogP contribution >= 0.6 is 0 Å². The van der Waals surface area contributed by atoms with Crippen LogP contribution in [0.1, 0.15) is 12.5 Å². The summed E-state index contributed by atoms with van der Waals surface area (Å²) in [4.78, 5) is 13.3. The number of ether oxygens (including phenoxy) is 1. The van der Waals surface area contributed by atoms with E-state index in [4.69, 9.17) is 4.74 Å². The number of aryl methyl sites for hydroxylation is 1. The van der Waals surface area contributed by atoms with Gasteiger partial charge in [-0.3, -0.25) is 4.79 Å². The van der Waals surface area contributed by atoms with E-state index in [1.54, 1.807) is 6.92 Å². The van der Waals surface area contributed by atoms with Crippen LogP contribution in [-0.4, -0.2) is 33.2 Å². The fourth-order valence-electron chi connectivity index (χ4n) is 1.59. The third-order valence-corrected chi connectivity index (χ3v) is 2.43. The van der Waals surface area contributed by atoms with Crippen molar-refractivity contribution in [1.82, 2.24) is 0 Å². The second kappa shape index (κ2) is 6.13. The number of anilines is 2.